The van der Waals surface area contributed by atoms with Crippen LogP contribution in [0.4, 0.5) is 0 Å². The number of rotatable bonds is 12. The number of fused-ring (bicyclic) bond motifs is 1. The summed E-state index contributed by atoms with van der Waals surface area (Å²) < 4.78 is 18.4. The van der Waals surface area contributed by atoms with Crippen LogP contribution in [-0.4, -0.2) is 50.4 Å². The highest BCUT2D eigenvalue weighted by atomic mass is 35.5. The highest BCUT2D eigenvalue weighted by molar-refractivity contribution is 6.30. The van der Waals surface area contributed by atoms with Crippen molar-refractivity contribution in [3.8, 4) is 5.75 Å². The zero-order valence-corrected chi connectivity index (χ0v) is 22.5. The summed E-state index contributed by atoms with van der Waals surface area (Å²) in [6, 6.07) is 18.2. The van der Waals surface area contributed by atoms with Gasteiger partial charge in [-0.3, -0.25) is 9.69 Å². The number of ether oxygens (including phenoxy) is 2. The molecule has 0 aliphatic rings. The zero-order chi connectivity index (χ0) is 27.2. The van der Waals surface area contributed by atoms with Gasteiger partial charge in [-0.05, 0) is 71.4 Å². The summed E-state index contributed by atoms with van der Waals surface area (Å²) in [6.07, 6.45) is 1.63. The van der Waals surface area contributed by atoms with Crippen LogP contribution in [0.25, 0.3) is 10.9 Å². The number of aromatic nitrogens is 5. The van der Waals surface area contributed by atoms with Crippen molar-refractivity contribution in [2.24, 2.45) is 0 Å². The smallest absolute Gasteiger partial charge is 0.253 e. The number of pyridine rings is 1. The van der Waals surface area contributed by atoms with Crippen LogP contribution < -0.4 is 10.3 Å². The molecule has 0 aliphatic carbocycles. The molecule has 5 aromatic rings. The maximum absolute atomic E-state index is 13.7. The lowest BCUT2D eigenvalue weighted by atomic mass is 10.0. The first-order valence-corrected chi connectivity index (χ1v) is 13.0. The molecule has 0 aliphatic heterocycles. The first kappa shape index (κ1) is 26.6. The van der Waals surface area contributed by atoms with Gasteiger partial charge in [0.2, 0.25) is 0 Å². The summed E-state index contributed by atoms with van der Waals surface area (Å²) >= 11 is 6.16. The van der Waals surface area contributed by atoms with Crippen molar-refractivity contribution >= 4 is 22.5 Å². The summed E-state index contributed by atoms with van der Waals surface area (Å²) in [6.45, 7) is 4.17. The fraction of sp³-hybridized carbons (Fsp3) is 0.286. The number of hydrogen-bond donors (Lipinski definition) is 1. The lowest BCUT2D eigenvalue weighted by molar-refractivity contribution is 0.163. The van der Waals surface area contributed by atoms with Crippen LogP contribution in [0.5, 0.6) is 5.75 Å². The molecule has 0 bridgehead atoms. The highest BCUT2D eigenvalue weighted by Crippen LogP contribution is 2.31. The van der Waals surface area contributed by atoms with Crippen LogP contribution in [-0.2, 0) is 24.4 Å². The van der Waals surface area contributed by atoms with Gasteiger partial charge in [-0.1, -0.05) is 23.7 Å². The summed E-state index contributed by atoms with van der Waals surface area (Å²) in [5.74, 6) is 1.97. The minimum atomic E-state index is -0.624. The number of furan rings is 1. The second kappa shape index (κ2) is 12.2. The molecule has 0 spiro atoms. The Bertz CT molecular complexity index is 1570. The molecule has 1 atom stereocenters. The predicted octanol–water partition coefficient (Wildman–Crippen LogP) is 4.60. The molecule has 5 rings (SSSR count). The second-order valence-corrected chi connectivity index (χ2v) is 9.44. The molecule has 0 amide bonds. The Morgan fingerprint density at radius 3 is 2.72 bits per heavy atom. The van der Waals surface area contributed by atoms with Gasteiger partial charge in [-0.15, -0.1) is 5.10 Å². The zero-order valence-electron chi connectivity index (χ0n) is 21.7. The second-order valence-electron chi connectivity index (χ2n) is 9.00. The molecule has 202 valence electrons. The monoisotopic (exact) mass is 548 g/mol. The van der Waals surface area contributed by atoms with E-state index in [2.05, 4.69) is 25.4 Å². The minimum Gasteiger partial charge on any atom is -0.494 e. The quantitative estimate of drug-likeness (QED) is 0.241. The lowest BCUT2D eigenvalue weighted by Gasteiger charge is -2.30. The molecule has 0 radical (unpaired) electrons. The van der Waals surface area contributed by atoms with Crippen LogP contribution in [0, 0.1) is 0 Å². The number of aromatic amines is 1. The molecule has 0 fully saturated rings. The molecule has 3 heterocycles. The number of tetrazole rings is 1. The third kappa shape index (κ3) is 6.19. The van der Waals surface area contributed by atoms with Gasteiger partial charge >= 0.3 is 0 Å². The van der Waals surface area contributed by atoms with Crippen molar-refractivity contribution in [3.05, 3.63) is 105 Å². The molecule has 2 aromatic carbocycles. The van der Waals surface area contributed by atoms with Crippen molar-refractivity contribution in [1.29, 1.82) is 0 Å². The Hall–Kier alpha value is -3.99. The van der Waals surface area contributed by atoms with Gasteiger partial charge in [0.1, 0.15) is 17.6 Å². The van der Waals surface area contributed by atoms with E-state index in [0.29, 0.717) is 54.8 Å². The number of nitrogens with zero attached hydrogens (tertiary/aromatic N) is 5. The van der Waals surface area contributed by atoms with E-state index in [1.807, 2.05) is 67.6 Å². The molecule has 11 heteroatoms. The van der Waals surface area contributed by atoms with Gasteiger partial charge in [-0.2, -0.15) is 0 Å². The van der Waals surface area contributed by atoms with Crippen LogP contribution >= 0.6 is 11.6 Å². The van der Waals surface area contributed by atoms with Crippen molar-refractivity contribution in [3.63, 3.8) is 0 Å². The van der Waals surface area contributed by atoms with Crippen LogP contribution in [0.15, 0.2) is 76.1 Å². The van der Waals surface area contributed by atoms with E-state index >= 15 is 0 Å². The molecule has 10 nitrogen and oxygen atoms in total. The third-order valence-electron chi connectivity index (χ3n) is 6.36. The standard InChI is InChI=1S/C28H29ClN6O4/c1-3-38-22-10-11-25-20(15-22)16-24(28(36)30-25)26(27-31-32-33-35(27)12-14-37-2)34(18-23-5-4-13-39-23)17-19-6-8-21(29)9-7-19/h4-11,13,15-16,26H,3,12,14,17-18H2,1-2H3,(H,30,36)/t26-/m1/s1. The van der Waals surface area contributed by atoms with Gasteiger partial charge in [0, 0.05) is 35.1 Å². The third-order valence-corrected chi connectivity index (χ3v) is 6.62. The van der Waals surface area contributed by atoms with E-state index in [1.54, 1.807) is 18.1 Å². The first-order valence-electron chi connectivity index (χ1n) is 12.6. The Morgan fingerprint density at radius 2 is 1.97 bits per heavy atom. The molecule has 0 saturated carbocycles. The van der Waals surface area contributed by atoms with Crippen LogP contribution in [0.2, 0.25) is 5.02 Å². The van der Waals surface area contributed by atoms with Crippen LogP contribution in [0.3, 0.4) is 0 Å². The van der Waals surface area contributed by atoms with Gasteiger partial charge in [0.15, 0.2) is 5.82 Å². The maximum atomic E-state index is 13.7. The predicted molar refractivity (Wildman–Crippen MR) is 147 cm³/mol. The fourth-order valence-corrected chi connectivity index (χ4v) is 4.70. The Morgan fingerprint density at radius 1 is 1.13 bits per heavy atom. The molecule has 0 unspecified atom stereocenters. The van der Waals surface area contributed by atoms with Gasteiger partial charge in [-0.25, -0.2) is 4.68 Å². The van der Waals surface area contributed by atoms with Gasteiger partial charge in [0.05, 0.1) is 32.6 Å². The number of hydrogen-bond acceptors (Lipinski definition) is 8. The molecule has 3 aromatic heterocycles. The summed E-state index contributed by atoms with van der Waals surface area (Å²) in [5, 5.41) is 14.0. The number of halogens is 1. The normalized spacial score (nSPS) is 12.3. The van der Waals surface area contributed by atoms with Crippen LogP contribution in [0.1, 0.15) is 35.7 Å². The van der Waals surface area contributed by atoms with E-state index in [0.717, 1.165) is 22.5 Å². The first-order chi connectivity index (χ1) is 19.1. The largest absolute Gasteiger partial charge is 0.494 e. The topological polar surface area (TPSA) is 111 Å². The number of methoxy groups -OCH3 is 1. The van der Waals surface area contributed by atoms with Crippen molar-refractivity contribution in [2.45, 2.75) is 32.6 Å². The van der Waals surface area contributed by atoms with E-state index in [1.165, 1.54) is 0 Å². The number of H-pyrrole nitrogens is 1. The van der Waals surface area contributed by atoms with Crippen molar-refractivity contribution in [2.75, 3.05) is 20.3 Å². The Kier molecular flexibility index (Phi) is 8.36. The average molecular weight is 549 g/mol. The summed E-state index contributed by atoms with van der Waals surface area (Å²) in [5.41, 5.74) is 1.96. The Labute approximate surface area is 230 Å². The SMILES string of the molecule is CCOc1ccc2[nH]c(=O)c([C@H](c3nnnn3CCOC)N(Cc3ccc(Cl)cc3)Cc3ccco3)cc2c1. The van der Waals surface area contributed by atoms with Gasteiger partial charge in [0.25, 0.3) is 5.56 Å². The Balaban J connectivity index is 1.67. The molecule has 39 heavy (non-hydrogen) atoms. The van der Waals surface area contributed by atoms with Crippen molar-refractivity contribution in [1.82, 2.24) is 30.1 Å². The van der Waals surface area contributed by atoms with E-state index < -0.39 is 6.04 Å². The molecular weight excluding hydrogens is 520 g/mol. The average Bonchev–Trinajstić information content (AvgIpc) is 3.62. The highest BCUT2D eigenvalue weighted by Gasteiger charge is 2.31. The lowest BCUT2D eigenvalue weighted by Crippen LogP contribution is -2.35. The summed E-state index contributed by atoms with van der Waals surface area (Å²) in [7, 11) is 1.62. The maximum Gasteiger partial charge on any atom is 0.253 e. The molecular formula is C28H29ClN6O4. The van der Waals surface area contributed by atoms with E-state index in [4.69, 9.17) is 25.5 Å². The minimum absolute atomic E-state index is 0.237. The van der Waals surface area contributed by atoms with E-state index in [9.17, 15) is 4.79 Å². The van der Waals surface area contributed by atoms with E-state index in [-0.39, 0.29) is 5.56 Å². The molecule has 1 N–H and O–H groups in total. The van der Waals surface area contributed by atoms with Gasteiger partial charge < -0.3 is 18.9 Å². The fourth-order valence-electron chi connectivity index (χ4n) is 4.57. The van der Waals surface area contributed by atoms with Crippen molar-refractivity contribution < 1.29 is 13.9 Å². The molecule has 0 saturated heterocycles. The number of benzene rings is 2. The number of nitrogens with one attached hydrogen (secondary N) is 1. The summed E-state index contributed by atoms with van der Waals surface area (Å²) in [4.78, 5) is 18.8.